The van der Waals surface area contributed by atoms with Crippen molar-refractivity contribution in [3.63, 3.8) is 0 Å². The third-order valence-corrected chi connectivity index (χ3v) is 3.45. The molecule has 1 aromatic carbocycles. The minimum absolute atomic E-state index is 0.0820. The number of rotatable bonds is 6. The molecule has 1 heterocycles. The van der Waals surface area contributed by atoms with Gasteiger partial charge in [-0.25, -0.2) is 0 Å². The fourth-order valence-corrected chi connectivity index (χ4v) is 2.35. The van der Waals surface area contributed by atoms with E-state index in [1.54, 1.807) is 24.3 Å². The molecule has 0 aliphatic carbocycles. The number of nitrogens with one attached hydrogen (secondary N) is 1. The second-order valence-corrected chi connectivity index (χ2v) is 5.21. The van der Waals surface area contributed by atoms with Crippen molar-refractivity contribution in [1.82, 2.24) is 4.90 Å². The van der Waals surface area contributed by atoms with E-state index >= 15 is 0 Å². The molecule has 6 heteroatoms. The number of carboxylic acids is 1. The molecule has 110 valence electrons. The van der Waals surface area contributed by atoms with Gasteiger partial charge in [0.2, 0.25) is 5.91 Å². The number of anilines is 1. The maximum absolute atomic E-state index is 11.8. The molecular weight excluding hydrogens is 270 g/mol. The lowest BCUT2D eigenvalue weighted by molar-refractivity contribution is -0.139. The molecule has 0 atom stereocenters. The maximum atomic E-state index is 11.8. The van der Waals surface area contributed by atoms with Gasteiger partial charge in [-0.15, -0.1) is 0 Å². The lowest BCUT2D eigenvalue weighted by Gasteiger charge is -2.38. The van der Waals surface area contributed by atoms with Gasteiger partial charge in [-0.05, 0) is 30.2 Å². The standard InChI is InChI=1S/C15H17N3O3/c16-8-11-1-3-13(4-2-11)17-14(19)5-6-18-9-12(10-18)7-15(20)21/h1-4,12H,5-7,9-10H2,(H,17,19)(H,20,21). The lowest BCUT2D eigenvalue weighted by Crippen LogP contribution is -2.48. The molecule has 1 aromatic rings. The number of amides is 1. The number of hydrogen-bond donors (Lipinski definition) is 2. The van der Waals surface area contributed by atoms with Crippen molar-refractivity contribution in [2.45, 2.75) is 12.8 Å². The highest BCUT2D eigenvalue weighted by Gasteiger charge is 2.28. The highest BCUT2D eigenvalue weighted by Crippen LogP contribution is 2.19. The zero-order chi connectivity index (χ0) is 15.2. The molecule has 0 bridgehead atoms. The number of nitriles is 1. The first-order chi connectivity index (χ1) is 10.1. The number of carbonyl (C=O) groups is 2. The van der Waals surface area contributed by atoms with E-state index in [0.29, 0.717) is 24.2 Å². The first-order valence-electron chi connectivity index (χ1n) is 6.81. The molecule has 2 N–H and O–H groups in total. The molecule has 1 amide bonds. The zero-order valence-electron chi connectivity index (χ0n) is 11.6. The topological polar surface area (TPSA) is 93.4 Å². The Morgan fingerprint density at radius 3 is 2.57 bits per heavy atom. The van der Waals surface area contributed by atoms with Crippen LogP contribution in [0.25, 0.3) is 0 Å². The summed E-state index contributed by atoms with van der Waals surface area (Å²) in [4.78, 5) is 24.4. The largest absolute Gasteiger partial charge is 0.481 e. The molecular formula is C15H17N3O3. The average Bonchev–Trinajstić information content (AvgIpc) is 2.41. The molecule has 1 aliphatic heterocycles. The molecule has 0 aromatic heterocycles. The summed E-state index contributed by atoms with van der Waals surface area (Å²) in [5, 5.41) is 20.1. The summed E-state index contributed by atoms with van der Waals surface area (Å²) in [5.74, 6) is -0.635. The Labute approximate surface area is 123 Å². The molecule has 1 saturated heterocycles. The Morgan fingerprint density at radius 2 is 2.00 bits per heavy atom. The quantitative estimate of drug-likeness (QED) is 0.822. The molecule has 21 heavy (non-hydrogen) atoms. The Balaban J connectivity index is 1.66. The molecule has 1 aliphatic rings. The van der Waals surface area contributed by atoms with Crippen LogP contribution < -0.4 is 5.32 Å². The van der Waals surface area contributed by atoms with E-state index in [1.807, 2.05) is 6.07 Å². The van der Waals surface area contributed by atoms with Gasteiger partial charge >= 0.3 is 5.97 Å². The predicted molar refractivity (Wildman–Crippen MR) is 76.6 cm³/mol. The van der Waals surface area contributed by atoms with Crippen LogP contribution in [0.3, 0.4) is 0 Å². The molecule has 6 nitrogen and oxygen atoms in total. The number of carbonyl (C=O) groups excluding carboxylic acids is 1. The molecule has 0 spiro atoms. The summed E-state index contributed by atoms with van der Waals surface area (Å²) in [7, 11) is 0. The summed E-state index contributed by atoms with van der Waals surface area (Å²) in [6.45, 7) is 2.13. The van der Waals surface area contributed by atoms with E-state index in [0.717, 1.165) is 13.1 Å². The van der Waals surface area contributed by atoms with E-state index in [2.05, 4.69) is 10.2 Å². The highest BCUT2D eigenvalue weighted by atomic mass is 16.4. The van der Waals surface area contributed by atoms with Crippen molar-refractivity contribution in [3.8, 4) is 6.07 Å². The second kappa shape index (κ2) is 6.86. The molecule has 2 rings (SSSR count). The number of hydrogen-bond acceptors (Lipinski definition) is 4. The Bertz CT molecular complexity index is 557. The SMILES string of the molecule is N#Cc1ccc(NC(=O)CCN2CC(CC(=O)O)C2)cc1. The first kappa shape index (κ1) is 15.0. The summed E-state index contributed by atoms with van der Waals surface area (Å²) >= 11 is 0. The summed E-state index contributed by atoms with van der Waals surface area (Å²) < 4.78 is 0. The number of benzene rings is 1. The van der Waals surface area contributed by atoms with E-state index in [-0.39, 0.29) is 18.2 Å². The van der Waals surface area contributed by atoms with Gasteiger partial charge in [-0.2, -0.15) is 5.26 Å². The van der Waals surface area contributed by atoms with Crippen LogP contribution in [0, 0.1) is 17.2 Å². The van der Waals surface area contributed by atoms with Crippen LogP contribution in [0.1, 0.15) is 18.4 Å². The van der Waals surface area contributed by atoms with Gasteiger partial charge in [0, 0.05) is 31.7 Å². The Morgan fingerprint density at radius 1 is 1.33 bits per heavy atom. The summed E-state index contributed by atoms with van der Waals surface area (Å²) in [6.07, 6.45) is 0.577. The first-order valence-corrected chi connectivity index (χ1v) is 6.81. The normalized spacial score (nSPS) is 15.0. The van der Waals surface area contributed by atoms with E-state index < -0.39 is 5.97 Å². The maximum Gasteiger partial charge on any atom is 0.303 e. The van der Waals surface area contributed by atoms with Crippen LogP contribution in [0.5, 0.6) is 0 Å². The number of carboxylic acid groups (broad SMARTS) is 1. The minimum Gasteiger partial charge on any atom is -0.481 e. The molecule has 1 fully saturated rings. The highest BCUT2D eigenvalue weighted by molar-refractivity contribution is 5.90. The fraction of sp³-hybridized carbons (Fsp3) is 0.400. The van der Waals surface area contributed by atoms with Crippen LogP contribution in [-0.4, -0.2) is 41.5 Å². The monoisotopic (exact) mass is 287 g/mol. The Kier molecular flexibility index (Phi) is 4.90. The molecule has 0 saturated carbocycles. The van der Waals surface area contributed by atoms with E-state index in [1.165, 1.54) is 0 Å². The number of likely N-dealkylation sites (tertiary alicyclic amines) is 1. The van der Waals surface area contributed by atoms with Crippen LogP contribution in [0.15, 0.2) is 24.3 Å². The van der Waals surface area contributed by atoms with E-state index in [9.17, 15) is 9.59 Å². The fourth-order valence-electron chi connectivity index (χ4n) is 2.35. The van der Waals surface area contributed by atoms with Gasteiger partial charge in [-0.3, -0.25) is 9.59 Å². The van der Waals surface area contributed by atoms with Crippen molar-refractivity contribution in [2.24, 2.45) is 5.92 Å². The smallest absolute Gasteiger partial charge is 0.303 e. The van der Waals surface area contributed by atoms with Crippen LogP contribution in [0.4, 0.5) is 5.69 Å². The lowest BCUT2D eigenvalue weighted by atomic mass is 9.96. The van der Waals surface area contributed by atoms with Gasteiger partial charge in [0.15, 0.2) is 0 Å². The van der Waals surface area contributed by atoms with Crippen molar-refractivity contribution >= 4 is 17.6 Å². The van der Waals surface area contributed by atoms with Crippen molar-refractivity contribution in [1.29, 1.82) is 5.26 Å². The molecule has 0 radical (unpaired) electrons. The van der Waals surface area contributed by atoms with Gasteiger partial charge in [-0.1, -0.05) is 0 Å². The van der Waals surface area contributed by atoms with Gasteiger partial charge in [0.1, 0.15) is 0 Å². The summed E-state index contributed by atoms with van der Waals surface area (Å²) in [5.41, 5.74) is 1.23. The van der Waals surface area contributed by atoms with Crippen LogP contribution >= 0.6 is 0 Å². The van der Waals surface area contributed by atoms with Gasteiger partial charge in [0.05, 0.1) is 18.1 Å². The average molecular weight is 287 g/mol. The van der Waals surface area contributed by atoms with Crippen LogP contribution in [0.2, 0.25) is 0 Å². The zero-order valence-corrected chi connectivity index (χ0v) is 11.6. The van der Waals surface area contributed by atoms with Crippen molar-refractivity contribution in [3.05, 3.63) is 29.8 Å². The predicted octanol–water partition coefficient (Wildman–Crippen LogP) is 1.29. The minimum atomic E-state index is -0.766. The summed E-state index contributed by atoms with van der Waals surface area (Å²) in [6, 6.07) is 8.72. The molecule has 0 unspecified atom stereocenters. The third kappa shape index (κ3) is 4.58. The number of nitrogens with zero attached hydrogens (tertiary/aromatic N) is 2. The van der Waals surface area contributed by atoms with Crippen LogP contribution in [-0.2, 0) is 9.59 Å². The van der Waals surface area contributed by atoms with Gasteiger partial charge in [0.25, 0.3) is 0 Å². The van der Waals surface area contributed by atoms with E-state index in [4.69, 9.17) is 10.4 Å². The third-order valence-electron chi connectivity index (χ3n) is 3.45. The Hall–Kier alpha value is -2.39. The van der Waals surface area contributed by atoms with Crippen molar-refractivity contribution < 1.29 is 14.7 Å². The second-order valence-electron chi connectivity index (χ2n) is 5.21. The number of aliphatic carboxylic acids is 1. The van der Waals surface area contributed by atoms with Crippen molar-refractivity contribution in [2.75, 3.05) is 25.0 Å². The van der Waals surface area contributed by atoms with Gasteiger partial charge < -0.3 is 15.3 Å².